The average Bonchev–Trinajstić information content (AvgIpc) is 3.07. The monoisotopic (exact) mass is 327 g/mol. The molecular formula is C19H25N3O2. The maximum absolute atomic E-state index is 6.00. The number of likely N-dealkylation sites (tertiary alicyclic amines) is 1. The average molecular weight is 327 g/mol. The number of imidazole rings is 1. The summed E-state index contributed by atoms with van der Waals surface area (Å²) in [7, 11) is 0. The Bertz CT molecular complexity index is 677. The van der Waals surface area contributed by atoms with Crippen LogP contribution in [0.15, 0.2) is 30.5 Å². The van der Waals surface area contributed by atoms with Gasteiger partial charge in [0.15, 0.2) is 0 Å². The fourth-order valence-electron chi connectivity index (χ4n) is 3.55. The Hall–Kier alpha value is -1.85. The number of rotatable bonds is 5. The van der Waals surface area contributed by atoms with Crippen LogP contribution in [0.2, 0.25) is 0 Å². The molecule has 0 atom stereocenters. The number of nitrogens with zero attached hydrogens (tertiary/aromatic N) is 3. The molecule has 3 heterocycles. The number of hydrogen-bond donors (Lipinski definition) is 0. The van der Waals surface area contributed by atoms with E-state index in [9.17, 15) is 0 Å². The van der Waals surface area contributed by atoms with Crippen LogP contribution < -0.4 is 4.74 Å². The Morgan fingerprint density at radius 2 is 2.04 bits per heavy atom. The minimum atomic E-state index is 0.603. The van der Waals surface area contributed by atoms with E-state index in [-0.39, 0.29) is 0 Å². The Morgan fingerprint density at radius 3 is 2.96 bits per heavy atom. The Balaban J connectivity index is 1.41. The third kappa shape index (κ3) is 3.47. The molecule has 0 N–H and O–H groups in total. The lowest BCUT2D eigenvalue weighted by atomic mass is 10.1. The molecule has 1 aromatic heterocycles. The van der Waals surface area contributed by atoms with Crippen molar-refractivity contribution < 1.29 is 9.47 Å². The first-order valence-corrected chi connectivity index (χ1v) is 8.98. The second-order valence-corrected chi connectivity index (χ2v) is 6.54. The SMILES string of the molecule is c1cc(OCCN2CCCCC2)cc(-c2cnc3n2CCOC3)c1. The van der Waals surface area contributed by atoms with Crippen molar-refractivity contribution >= 4 is 0 Å². The van der Waals surface area contributed by atoms with Gasteiger partial charge in [0.25, 0.3) is 0 Å². The van der Waals surface area contributed by atoms with Gasteiger partial charge in [-0.05, 0) is 38.1 Å². The van der Waals surface area contributed by atoms with E-state index in [4.69, 9.17) is 9.47 Å². The molecule has 0 bridgehead atoms. The van der Waals surface area contributed by atoms with Crippen molar-refractivity contribution in [2.45, 2.75) is 32.4 Å². The molecule has 2 aliphatic rings. The van der Waals surface area contributed by atoms with Crippen molar-refractivity contribution in [3.8, 4) is 17.0 Å². The zero-order valence-electron chi connectivity index (χ0n) is 14.1. The summed E-state index contributed by atoms with van der Waals surface area (Å²) in [5.74, 6) is 1.94. The number of hydrogen-bond acceptors (Lipinski definition) is 4. The van der Waals surface area contributed by atoms with E-state index in [1.165, 1.54) is 32.4 Å². The zero-order valence-corrected chi connectivity index (χ0v) is 14.1. The van der Waals surface area contributed by atoms with Crippen molar-refractivity contribution in [2.24, 2.45) is 0 Å². The minimum absolute atomic E-state index is 0.603. The summed E-state index contributed by atoms with van der Waals surface area (Å²) in [6, 6.07) is 8.34. The van der Waals surface area contributed by atoms with Crippen LogP contribution in [0.1, 0.15) is 25.1 Å². The van der Waals surface area contributed by atoms with Crippen LogP contribution in [-0.4, -0.2) is 47.3 Å². The summed E-state index contributed by atoms with van der Waals surface area (Å²) in [6.45, 7) is 6.42. The topological polar surface area (TPSA) is 39.5 Å². The highest BCUT2D eigenvalue weighted by Gasteiger charge is 2.16. The molecule has 5 heteroatoms. The lowest BCUT2D eigenvalue weighted by Gasteiger charge is -2.26. The van der Waals surface area contributed by atoms with Crippen LogP contribution in [0.3, 0.4) is 0 Å². The van der Waals surface area contributed by atoms with Gasteiger partial charge >= 0.3 is 0 Å². The van der Waals surface area contributed by atoms with Gasteiger partial charge in [-0.15, -0.1) is 0 Å². The maximum Gasteiger partial charge on any atom is 0.135 e. The molecule has 24 heavy (non-hydrogen) atoms. The highest BCUT2D eigenvalue weighted by Crippen LogP contribution is 2.26. The first-order chi connectivity index (χ1) is 11.9. The predicted molar refractivity (Wildman–Crippen MR) is 93.1 cm³/mol. The lowest BCUT2D eigenvalue weighted by molar-refractivity contribution is 0.0821. The molecule has 128 valence electrons. The summed E-state index contributed by atoms with van der Waals surface area (Å²) >= 11 is 0. The molecule has 1 saturated heterocycles. The Labute approximate surface area is 143 Å². The first-order valence-electron chi connectivity index (χ1n) is 8.98. The summed E-state index contributed by atoms with van der Waals surface area (Å²) in [5.41, 5.74) is 2.31. The van der Waals surface area contributed by atoms with Crippen molar-refractivity contribution in [2.75, 3.05) is 32.8 Å². The highest BCUT2D eigenvalue weighted by molar-refractivity contribution is 5.61. The summed E-state index contributed by atoms with van der Waals surface area (Å²) in [4.78, 5) is 6.98. The van der Waals surface area contributed by atoms with Gasteiger partial charge in [-0.3, -0.25) is 4.90 Å². The number of fused-ring (bicyclic) bond motifs is 1. The number of piperidine rings is 1. The number of benzene rings is 1. The van der Waals surface area contributed by atoms with Gasteiger partial charge in [-0.25, -0.2) is 4.98 Å². The first kappa shape index (κ1) is 15.7. The van der Waals surface area contributed by atoms with Crippen molar-refractivity contribution in [3.05, 3.63) is 36.3 Å². The highest BCUT2D eigenvalue weighted by atomic mass is 16.5. The van der Waals surface area contributed by atoms with Crippen LogP contribution >= 0.6 is 0 Å². The van der Waals surface area contributed by atoms with Crippen LogP contribution in [-0.2, 0) is 17.9 Å². The molecule has 1 aromatic carbocycles. The van der Waals surface area contributed by atoms with E-state index in [2.05, 4.69) is 32.7 Å². The van der Waals surface area contributed by atoms with Gasteiger partial charge in [-0.1, -0.05) is 18.6 Å². The van der Waals surface area contributed by atoms with Gasteiger partial charge < -0.3 is 14.0 Å². The van der Waals surface area contributed by atoms with E-state index in [1.54, 1.807) is 0 Å². The minimum Gasteiger partial charge on any atom is -0.492 e. The summed E-state index contributed by atoms with van der Waals surface area (Å²) < 4.78 is 13.7. The molecule has 4 rings (SSSR count). The summed E-state index contributed by atoms with van der Waals surface area (Å²) in [6.07, 6.45) is 5.97. The van der Waals surface area contributed by atoms with Crippen molar-refractivity contribution in [1.82, 2.24) is 14.5 Å². The van der Waals surface area contributed by atoms with E-state index in [1.807, 2.05) is 12.3 Å². The van der Waals surface area contributed by atoms with Gasteiger partial charge in [0.05, 0.1) is 18.5 Å². The van der Waals surface area contributed by atoms with Crippen LogP contribution in [0.5, 0.6) is 5.75 Å². The van der Waals surface area contributed by atoms with Crippen molar-refractivity contribution in [3.63, 3.8) is 0 Å². The second-order valence-electron chi connectivity index (χ2n) is 6.54. The van der Waals surface area contributed by atoms with Gasteiger partial charge in [0.2, 0.25) is 0 Å². The molecule has 0 spiro atoms. The fourth-order valence-corrected chi connectivity index (χ4v) is 3.55. The van der Waals surface area contributed by atoms with Gasteiger partial charge in [0, 0.05) is 18.7 Å². The molecule has 2 aromatic rings. The van der Waals surface area contributed by atoms with Gasteiger partial charge in [0.1, 0.15) is 24.8 Å². The molecule has 0 saturated carbocycles. The summed E-state index contributed by atoms with van der Waals surface area (Å²) in [5, 5.41) is 0. The fraction of sp³-hybridized carbons (Fsp3) is 0.526. The molecule has 0 amide bonds. The molecule has 0 radical (unpaired) electrons. The smallest absolute Gasteiger partial charge is 0.135 e. The molecule has 5 nitrogen and oxygen atoms in total. The molecule has 1 fully saturated rings. The zero-order chi connectivity index (χ0) is 16.2. The lowest BCUT2D eigenvalue weighted by Crippen LogP contribution is -2.33. The molecular weight excluding hydrogens is 302 g/mol. The van der Waals surface area contributed by atoms with Crippen LogP contribution in [0.4, 0.5) is 0 Å². The normalized spacial score (nSPS) is 18.3. The number of aromatic nitrogens is 2. The number of ether oxygens (including phenoxy) is 2. The maximum atomic E-state index is 6.00. The third-order valence-corrected chi connectivity index (χ3v) is 4.88. The van der Waals surface area contributed by atoms with Crippen LogP contribution in [0, 0.1) is 0 Å². The van der Waals surface area contributed by atoms with Crippen molar-refractivity contribution in [1.29, 1.82) is 0 Å². The van der Waals surface area contributed by atoms with Crippen LogP contribution in [0.25, 0.3) is 11.3 Å². The third-order valence-electron chi connectivity index (χ3n) is 4.88. The van der Waals surface area contributed by atoms with E-state index in [0.29, 0.717) is 6.61 Å². The molecule has 2 aliphatic heterocycles. The largest absolute Gasteiger partial charge is 0.492 e. The Kier molecular flexibility index (Phi) is 4.81. The van der Waals surface area contributed by atoms with E-state index < -0.39 is 0 Å². The van der Waals surface area contributed by atoms with Gasteiger partial charge in [-0.2, -0.15) is 0 Å². The predicted octanol–water partition coefficient (Wildman–Crippen LogP) is 2.95. The molecule has 0 unspecified atom stereocenters. The second kappa shape index (κ2) is 7.36. The Morgan fingerprint density at radius 1 is 1.12 bits per heavy atom. The van der Waals surface area contributed by atoms with E-state index >= 15 is 0 Å². The molecule has 0 aliphatic carbocycles. The standard InChI is InChI=1S/C19H25N3O2/c1-2-7-21(8-3-1)9-12-24-17-6-4-5-16(13-17)18-14-20-19-15-23-11-10-22(18)19/h4-6,13-14H,1-3,7-12,15H2. The van der Waals surface area contributed by atoms with E-state index in [0.717, 1.165) is 49.1 Å². The quantitative estimate of drug-likeness (QED) is 0.846.